The topological polar surface area (TPSA) is 107 Å². The highest BCUT2D eigenvalue weighted by Crippen LogP contribution is 2.33. The number of halogens is 4. The lowest BCUT2D eigenvalue weighted by Crippen LogP contribution is -2.09. The van der Waals surface area contributed by atoms with Crippen molar-refractivity contribution >= 4 is 21.7 Å². The van der Waals surface area contributed by atoms with Crippen molar-refractivity contribution in [3.63, 3.8) is 0 Å². The molecule has 3 aromatic rings. The van der Waals surface area contributed by atoms with Crippen molar-refractivity contribution < 1.29 is 30.9 Å². The summed E-state index contributed by atoms with van der Waals surface area (Å²) in [5, 5.41) is 3.67. The van der Waals surface area contributed by atoms with Gasteiger partial charge in [0.15, 0.2) is 11.6 Å². The molecule has 0 radical (unpaired) electrons. The third-order valence-corrected chi connectivity index (χ3v) is 4.66. The lowest BCUT2D eigenvalue weighted by molar-refractivity contribution is -0.144. The van der Waals surface area contributed by atoms with Crippen molar-refractivity contribution in [2.24, 2.45) is 0 Å². The van der Waals surface area contributed by atoms with E-state index < -0.39 is 27.0 Å². The quantitative estimate of drug-likeness (QED) is 0.628. The van der Waals surface area contributed by atoms with Crippen LogP contribution in [0.25, 0.3) is 17.2 Å². The number of benzene rings is 1. The minimum absolute atomic E-state index is 0.153. The molecule has 3 rings (SSSR count). The van der Waals surface area contributed by atoms with Crippen LogP contribution in [-0.2, 0) is 16.3 Å². The molecule has 0 saturated carbocycles. The molecule has 148 valence electrons. The monoisotopic (exact) mass is 434 g/mol. The van der Waals surface area contributed by atoms with Gasteiger partial charge in [-0.15, -0.1) is 5.10 Å². The summed E-state index contributed by atoms with van der Waals surface area (Å²) >= 11 is 5.94. The Morgan fingerprint density at radius 2 is 1.93 bits per heavy atom. The molecule has 0 amide bonds. The number of hydrogen-bond donors (Lipinski definition) is 1. The van der Waals surface area contributed by atoms with Gasteiger partial charge in [-0.3, -0.25) is 4.55 Å². The highest BCUT2D eigenvalue weighted by molar-refractivity contribution is 7.85. The first-order chi connectivity index (χ1) is 13.0. The zero-order valence-electron chi connectivity index (χ0n) is 13.8. The Morgan fingerprint density at radius 3 is 2.46 bits per heavy atom. The third kappa shape index (κ3) is 3.93. The number of rotatable bonds is 4. The second-order valence-electron chi connectivity index (χ2n) is 5.35. The minimum Gasteiger partial charge on any atom is -0.495 e. The van der Waals surface area contributed by atoms with Gasteiger partial charge >= 0.3 is 6.18 Å². The molecule has 13 heteroatoms. The summed E-state index contributed by atoms with van der Waals surface area (Å²) in [6.45, 7) is 0. The molecular weight excluding hydrogens is 425 g/mol. The van der Waals surface area contributed by atoms with Crippen LogP contribution in [0, 0.1) is 0 Å². The zero-order chi connectivity index (χ0) is 20.7. The Morgan fingerprint density at radius 1 is 1.21 bits per heavy atom. The Bertz CT molecular complexity index is 1130. The number of pyridine rings is 1. The fourth-order valence-corrected chi connectivity index (χ4v) is 2.85. The second kappa shape index (κ2) is 7.04. The van der Waals surface area contributed by atoms with Gasteiger partial charge in [-0.25, -0.2) is 9.97 Å². The smallest absolute Gasteiger partial charge is 0.453 e. The second-order valence-corrected chi connectivity index (χ2v) is 7.17. The van der Waals surface area contributed by atoms with Crippen molar-refractivity contribution in [3.8, 4) is 23.0 Å². The molecule has 8 nitrogen and oxygen atoms in total. The number of alkyl halides is 3. The average molecular weight is 435 g/mol. The first-order valence-corrected chi connectivity index (χ1v) is 9.14. The van der Waals surface area contributed by atoms with Crippen LogP contribution in [0.15, 0.2) is 41.4 Å². The molecule has 0 aliphatic carbocycles. The van der Waals surface area contributed by atoms with Gasteiger partial charge in [-0.2, -0.15) is 26.3 Å². The molecule has 0 saturated heterocycles. The number of nitrogens with zero attached hydrogens (tertiary/aromatic N) is 4. The molecule has 28 heavy (non-hydrogen) atoms. The summed E-state index contributed by atoms with van der Waals surface area (Å²) in [5.41, 5.74) is 0.199. The van der Waals surface area contributed by atoms with E-state index in [0.717, 1.165) is 23.0 Å². The first-order valence-electron chi connectivity index (χ1n) is 7.33. The number of hydrogen-bond acceptors (Lipinski definition) is 6. The van der Waals surface area contributed by atoms with E-state index >= 15 is 0 Å². The summed E-state index contributed by atoms with van der Waals surface area (Å²) in [6.07, 6.45) is -4.04. The van der Waals surface area contributed by atoms with Crippen LogP contribution in [0.4, 0.5) is 13.2 Å². The molecule has 0 fully saturated rings. The van der Waals surface area contributed by atoms with E-state index in [1.165, 1.54) is 25.3 Å². The lowest BCUT2D eigenvalue weighted by atomic mass is 10.2. The molecule has 1 aromatic carbocycles. The van der Waals surface area contributed by atoms with E-state index in [1.54, 1.807) is 0 Å². The fraction of sp³-hybridized carbons (Fsp3) is 0.133. The van der Waals surface area contributed by atoms with Crippen molar-refractivity contribution in [1.82, 2.24) is 19.7 Å². The zero-order valence-corrected chi connectivity index (χ0v) is 15.4. The predicted molar refractivity (Wildman–Crippen MR) is 91.0 cm³/mol. The highest BCUT2D eigenvalue weighted by atomic mass is 35.5. The van der Waals surface area contributed by atoms with E-state index in [-0.39, 0.29) is 28.0 Å². The van der Waals surface area contributed by atoms with Gasteiger partial charge in [0.05, 0.1) is 18.3 Å². The maximum atomic E-state index is 13.1. The van der Waals surface area contributed by atoms with Gasteiger partial charge in [0.25, 0.3) is 15.9 Å². The third-order valence-electron chi connectivity index (χ3n) is 3.51. The predicted octanol–water partition coefficient (Wildman–Crippen LogP) is 3.26. The normalized spacial score (nSPS) is 12.2. The van der Waals surface area contributed by atoms with Crippen LogP contribution in [-0.4, -0.2) is 39.8 Å². The van der Waals surface area contributed by atoms with Crippen LogP contribution in [0.2, 0.25) is 5.02 Å². The van der Waals surface area contributed by atoms with Crippen LogP contribution >= 0.6 is 11.6 Å². The first kappa shape index (κ1) is 20.0. The van der Waals surface area contributed by atoms with Gasteiger partial charge < -0.3 is 4.74 Å². The molecule has 1 N–H and O–H groups in total. The molecule has 0 aliphatic heterocycles. The fourth-order valence-electron chi connectivity index (χ4n) is 2.23. The van der Waals surface area contributed by atoms with Gasteiger partial charge in [-0.1, -0.05) is 11.6 Å². The molecule has 2 aromatic heterocycles. The van der Waals surface area contributed by atoms with Gasteiger partial charge in [0.2, 0.25) is 0 Å². The van der Waals surface area contributed by atoms with E-state index in [0.29, 0.717) is 0 Å². The molecular formula is C15H10ClF3N4O4S. The molecule has 2 heterocycles. The number of methoxy groups -OCH3 is 1. The van der Waals surface area contributed by atoms with E-state index in [9.17, 15) is 21.6 Å². The van der Waals surface area contributed by atoms with Gasteiger partial charge in [0.1, 0.15) is 10.6 Å². The van der Waals surface area contributed by atoms with Crippen molar-refractivity contribution in [3.05, 3.63) is 47.4 Å². The van der Waals surface area contributed by atoms with Crippen LogP contribution in [0.1, 0.15) is 5.82 Å². The minimum atomic E-state index is -4.83. The number of ether oxygens (including phenoxy) is 1. The summed E-state index contributed by atoms with van der Waals surface area (Å²) < 4.78 is 76.5. The maximum absolute atomic E-state index is 13.1. The molecule has 0 bridgehead atoms. The molecule has 0 spiro atoms. The summed E-state index contributed by atoms with van der Waals surface area (Å²) in [4.78, 5) is 6.75. The molecule has 0 unspecified atom stereocenters. The Kier molecular flexibility index (Phi) is 5.04. The van der Waals surface area contributed by atoms with Crippen molar-refractivity contribution in [1.29, 1.82) is 0 Å². The van der Waals surface area contributed by atoms with Crippen LogP contribution in [0.5, 0.6) is 5.75 Å². The molecule has 0 aliphatic rings. The van der Waals surface area contributed by atoms with Gasteiger partial charge in [-0.05, 0) is 30.3 Å². The van der Waals surface area contributed by atoms with E-state index in [1.807, 2.05) is 0 Å². The van der Waals surface area contributed by atoms with Crippen molar-refractivity contribution in [2.45, 2.75) is 11.1 Å². The molecule has 0 atom stereocenters. The lowest BCUT2D eigenvalue weighted by Gasteiger charge is -2.08. The Hall–Kier alpha value is -2.70. The average Bonchev–Trinajstić information content (AvgIpc) is 3.07. The SMILES string of the molecule is COc1cc(-c2nc(C(F)(F)F)nn2-c2ccc(S(=O)(=O)O)cn2)ccc1Cl. The standard InChI is InChI=1S/C15H10ClF3N4O4S/c1-27-11-6-8(2-4-10(11)16)13-21-14(15(17,18)19)22-23(13)12-5-3-9(7-20-12)28(24,25)26/h2-7H,1H3,(H,24,25,26). The summed E-state index contributed by atoms with van der Waals surface area (Å²) in [5.74, 6) is -1.59. The Balaban J connectivity index is 2.19. The van der Waals surface area contributed by atoms with E-state index in [2.05, 4.69) is 15.1 Å². The summed E-state index contributed by atoms with van der Waals surface area (Å²) in [7, 11) is -3.18. The maximum Gasteiger partial charge on any atom is 0.453 e. The van der Waals surface area contributed by atoms with Crippen LogP contribution < -0.4 is 4.74 Å². The van der Waals surface area contributed by atoms with E-state index in [4.69, 9.17) is 20.9 Å². The van der Waals surface area contributed by atoms with Gasteiger partial charge in [0, 0.05) is 5.56 Å². The largest absolute Gasteiger partial charge is 0.495 e. The number of aromatic nitrogens is 4. The Labute approximate surface area is 161 Å². The van der Waals surface area contributed by atoms with Crippen molar-refractivity contribution in [2.75, 3.05) is 7.11 Å². The van der Waals surface area contributed by atoms with Crippen LogP contribution in [0.3, 0.4) is 0 Å². The highest BCUT2D eigenvalue weighted by Gasteiger charge is 2.37. The summed E-state index contributed by atoms with van der Waals surface area (Å²) in [6, 6.07) is 6.25.